The highest BCUT2D eigenvalue weighted by Crippen LogP contribution is 2.14. The normalized spacial score (nSPS) is 9.16. The van der Waals surface area contributed by atoms with E-state index in [1.165, 1.54) is 12.4 Å². The molecule has 0 amide bonds. The van der Waals surface area contributed by atoms with Gasteiger partial charge in [-0.1, -0.05) is 23.2 Å². The van der Waals surface area contributed by atoms with E-state index in [0.717, 1.165) is 0 Å². The molecule has 4 N–H and O–H groups in total. The molecule has 0 bridgehead atoms. The Morgan fingerprint density at radius 1 is 1.05 bits per heavy atom. The van der Waals surface area contributed by atoms with Crippen LogP contribution in [-0.4, -0.2) is 19.9 Å². The molecule has 0 atom stereocenters. The Morgan fingerprint density at radius 2 is 1.58 bits per heavy atom. The molecule has 0 aliphatic heterocycles. The van der Waals surface area contributed by atoms with Crippen LogP contribution in [0.25, 0.3) is 0 Å². The molecule has 0 saturated heterocycles. The van der Waals surface area contributed by atoms with Crippen LogP contribution >= 0.6 is 39.1 Å². The summed E-state index contributed by atoms with van der Waals surface area (Å²) in [7, 11) is 0. The monoisotopic (exact) mass is 360 g/mol. The van der Waals surface area contributed by atoms with E-state index in [2.05, 4.69) is 41.8 Å². The van der Waals surface area contributed by atoms with E-state index < -0.39 is 0 Å². The molecular formula is C10H7BrCl2N6. The van der Waals surface area contributed by atoms with Gasteiger partial charge < -0.3 is 11.5 Å². The maximum atomic E-state index is 5.45. The van der Waals surface area contributed by atoms with Crippen molar-refractivity contribution in [3.8, 4) is 12.3 Å². The average molecular weight is 362 g/mol. The summed E-state index contributed by atoms with van der Waals surface area (Å²) in [5, 5.41) is 0.548. The molecule has 0 saturated carbocycles. The minimum Gasteiger partial charge on any atom is -0.381 e. The second kappa shape index (κ2) is 7.09. The second-order valence-corrected chi connectivity index (χ2v) is 4.47. The van der Waals surface area contributed by atoms with Crippen LogP contribution in [0.2, 0.25) is 10.3 Å². The summed E-state index contributed by atoms with van der Waals surface area (Å²) in [6.07, 6.45) is 7.80. The van der Waals surface area contributed by atoms with Crippen molar-refractivity contribution in [3.63, 3.8) is 0 Å². The third kappa shape index (κ3) is 4.87. The van der Waals surface area contributed by atoms with Gasteiger partial charge in [0.1, 0.15) is 14.9 Å². The summed E-state index contributed by atoms with van der Waals surface area (Å²) in [6.45, 7) is 0. The van der Waals surface area contributed by atoms with Gasteiger partial charge in [0, 0.05) is 0 Å². The van der Waals surface area contributed by atoms with Crippen molar-refractivity contribution in [2.75, 3.05) is 11.5 Å². The van der Waals surface area contributed by atoms with Gasteiger partial charge in [0.2, 0.25) is 0 Å². The van der Waals surface area contributed by atoms with E-state index in [1.807, 2.05) is 0 Å². The lowest BCUT2D eigenvalue weighted by Gasteiger charge is -1.94. The molecule has 98 valence electrons. The molecule has 0 fully saturated rings. The van der Waals surface area contributed by atoms with Gasteiger partial charge in [-0.3, -0.25) is 0 Å². The van der Waals surface area contributed by atoms with Crippen LogP contribution in [0.3, 0.4) is 0 Å². The van der Waals surface area contributed by atoms with Crippen molar-refractivity contribution >= 4 is 50.8 Å². The summed E-state index contributed by atoms with van der Waals surface area (Å²) in [5.41, 5.74) is 11.0. The smallest absolute Gasteiger partial charge is 0.159 e. The quantitative estimate of drug-likeness (QED) is 0.697. The minimum absolute atomic E-state index is 0.190. The molecule has 2 rings (SSSR count). The van der Waals surface area contributed by atoms with Gasteiger partial charge in [-0.15, -0.1) is 6.42 Å². The molecule has 0 radical (unpaired) electrons. The van der Waals surface area contributed by atoms with Crippen LogP contribution in [0, 0.1) is 12.3 Å². The van der Waals surface area contributed by atoms with Crippen LogP contribution in [0.15, 0.2) is 17.0 Å². The first-order valence-corrected chi connectivity index (χ1v) is 6.17. The number of aromatic nitrogens is 4. The zero-order valence-corrected chi connectivity index (χ0v) is 12.4. The minimum atomic E-state index is 0.190. The predicted molar refractivity (Wildman–Crippen MR) is 78.5 cm³/mol. The Kier molecular flexibility index (Phi) is 5.76. The number of hydrogen-bond donors (Lipinski definition) is 2. The fraction of sp³-hybridized carbons (Fsp3) is 0. The Balaban J connectivity index is 0.000000191. The second-order valence-electron chi connectivity index (χ2n) is 2.94. The largest absolute Gasteiger partial charge is 0.381 e. The van der Waals surface area contributed by atoms with Crippen LogP contribution in [0.4, 0.5) is 11.6 Å². The molecule has 0 aliphatic rings. The van der Waals surface area contributed by atoms with E-state index in [-0.39, 0.29) is 11.0 Å². The number of nitrogens with two attached hydrogens (primary N) is 2. The van der Waals surface area contributed by atoms with E-state index in [1.54, 1.807) is 0 Å². The van der Waals surface area contributed by atoms with E-state index >= 15 is 0 Å². The third-order valence-corrected chi connectivity index (χ3v) is 2.61. The first kappa shape index (κ1) is 15.4. The zero-order chi connectivity index (χ0) is 14.4. The fourth-order valence-corrected chi connectivity index (χ4v) is 1.33. The van der Waals surface area contributed by atoms with Crippen molar-refractivity contribution in [1.29, 1.82) is 0 Å². The van der Waals surface area contributed by atoms with Gasteiger partial charge in [0.15, 0.2) is 17.3 Å². The molecule has 2 aromatic heterocycles. The van der Waals surface area contributed by atoms with E-state index in [0.29, 0.717) is 21.3 Å². The number of terminal acetylenes is 1. The molecule has 0 aromatic carbocycles. The molecule has 0 aliphatic carbocycles. The Hall–Kier alpha value is -1.62. The Labute approximate surface area is 127 Å². The third-order valence-electron chi connectivity index (χ3n) is 1.63. The lowest BCUT2D eigenvalue weighted by Crippen LogP contribution is -1.96. The molecule has 2 aromatic rings. The van der Waals surface area contributed by atoms with Crippen molar-refractivity contribution in [1.82, 2.24) is 19.9 Å². The molecule has 19 heavy (non-hydrogen) atoms. The summed E-state index contributed by atoms with van der Waals surface area (Å²) in [4.78, 5) is 14.9. The van der Waals surface area contributed by atoms with Crippen LogP contribution < -0.4 is 11.5 Å². The molecule has 9 heteroatoms. The highest BCUT2D eigenvalue weighted by Gasteiger charge is 1.98. The maximum Gasteiger partial charge on any atom is 0.159 e. The van der Waals surface area contributed by atoms with E-state index in [9.17, 15) is 0 Å². The van der Waals surface area contributed by atoms with Gasteiger partial charge in [0.05, 0.1) is 12.4 Å². The molecule has 2 heterocycles. The SMILES string of the molecule is C#Cc1ncc(Cl)nc1N.Nc1nc(Cl)cnc1Br. The number of rotatable bonds is 0. The Morgan fingerprint density at radius 3 is 2.00 bits per heavy atom. The highest BCUT2D eigenvalue weighted by atomic mass is 79.9. The first-order chi connectivity index (χ1) is 8.93. The van der Waals surface area contributed by atoms with Crippen molar-refractivity contribution in [2.24, 2.45) is 0 Å². The topological polar surface area (TPSA) is 104 Å². The van der Waals surface area contributed by atoms with Crippen molar-refractivity contribution < 1.29 is 0 Å². The van der Waals surface area contributed by atoms with Gasteiger partial charge in [0.25, 0.3) is 0 Å². The Bertz CT molecular complexity index is 628. The highest BCUT2D eigenvalue weighted by molar-refractivity contribution is 9.10. The number of anilines is 2. The number of nitrogen functional groups attached to an aromatic ring is 2. The van der Waals surface area contributed by atoms with Gasteiger partial charge in [-0.05, 0) is 21.9 Å². The predicted octanol–water partition coefficient (Wildman–Crippen LogP) is 2.17. The molecule has 6 nitrogen and oxygen atoms in total. The van der Waals surface area contributed by atoms with Gasteiger partial charge >= 0.3 is 0 Å². The van der Waals surface area contributed by atoms with Crippen molar-refractivity contribution in [2.45, 2.75) is 0 Å². The number of nitrogens with zero attached hydrogens (tertiary/aromatic N) is 4. The molecule has 0 unspecified atom stereocenters. The summed E-state index contributed by atoms with van der Waals surface area (Å²) in [5.74, 6) is 2.76. The average Bonchev–Trinajstić information content (AvgIpc) is 2.35. The van der Waals surface area contributed by atoms with Crippen LogP contribution in [0.5, 0.6) is 0 Å². The van der Waals surface area contributed by atoms with Crippen LogP contribution in [0.1, 0.15) is 5.69 Å². The summed E-state index contributed by atoms with van der Waals surface area (Å²) >= 11 is 14.0. The van der Waals surface area contributed by atoms with Crippen molar-refractivity contribution in [3.05, 3.63) is 33.0 Å². The van der Waals surface area contributed by atoms with Crippen LogP contribution in [-0.2, 0) is 0 Å². The maximum absolute atomic E-state index is 5.45. The summed E-state index contributed by atoms with van der Waals surface area (Å²) < 4.78 is 0.520. The standard InChI is InChI=1S/C6H4ClN3.C4H3BrClN3/c1-2-4-6(8)10-5(7)3-9-4;5-3-4(7)9-2(6)1-8-3/h1,3H,(H2,8,10);1H,(H2,7,9). The molecule has 0 spiro atoms. The number of halogens is 3. The first-order valence-electron chi connectivity index (χ1n) is 4.62. The summed E-state index contributed by atoms with van der Waals surface area (Å²) in [6, 6.07) is 0. The fourth-order valence-electron chi connectivity index (χ4n) is 0.858. The molecular weight excluding hydrogens is 355 g/mol. The van der Waals surface area contributed by atoms with Gasteiger partial charge in [-0.25, -0.2) is 19.9 Å². The lowest BCUT2D eigenvalue weighted by atomic mass is 10.4. The number of hydrogen-bond acceptors (Lipinski definition) is 6. The van der Waals surface area contributed by atoms with Gasteiger partial charge in [-0.2, -0.15) is 0 Å². The lowest BCUT2D eigenvalue weighted by molar-refractivity contribution is 1.18. The van der Waals surface area contributed by atoms with E-state index in [4.69, 9.17) is 41.1 Å². The zero-order valence-electron chi connectivity index (χ0n) is 9.31.